The maximum Gasteiger partial charge on any atom is 0.341 e. The second kappa shape index (κ2) is 8.75. The van der Waals surface area contributed by atoms with Crippen molar-refractivity contribution in [3.05, 3.63) is 70.3 Å². The van der Waals surface area contributed by atoms with E-state index in [0.29, 0.717) is 17.1 Å². The number of carbonyl (C=O) groups excluding carboxylic acids is 1. The van der Waals surface area contributed by atoms with Crippen molar-refractivity contribution in [2.75, 3.05) is 20.0 Å². The summed E-state index contributed by atoms with van der Waals surface area (Å²) in [6.07, 6.45) is 1.63. The van der Waals surface area contributed by atoms with Crippen molar-refractivity contribution in [1.29, 1.82) is 0 Å². The molecular formula is C21H19BrN2O4. The number of pyridine rings is 1. The molecular weight excluding hydrogens is 424 g/mol. The number of nitrogens with zero attached hydrogens (tertiary/aromatic N) is 1. The summed E-state index contributed by atoms with van der Waals surface area (Å²) in [4.78, 5) is 16.3. The number of carbonyl (C=O) groups is 1. The summed E-state index contributed by atoms with van der Waals surface area (Å²) >= 11 is 3.40. The summed E-state index contributed by atoms with van der Waals surface area (Å²) in [7, 11) is 2.95. The van der Waals surface area contributed by atoms with Crippen LogP contribution in [0.3, 0.4) is 0 Å². The molecule has 1 heterocycles. The van der Waals surface area contributed by atoms with Crippen LogP contribution in [0.25, 0.3) is 11.1 Å². The topological polar surface area (TPSA) is 83.7 Å². The molecule has 0 unspecified atom stereocenters. The van der Waals surface area contributed by atoms with Crippen LogP contribution in [0.1, 0.15) is 15.9 Å². The maximum absolute atomic E-state index is 12.1. The maximum atomic E-state index is 12.1. The van der Waals surface area contributed by atoms with E-state index in [1.165, 1.54) is 7.11 Å². The average molecular weight is 443 g/mol. The van der Waals surface area contributed by atoms with E-state index in [2.05, 4.69) is 20.9 Å². The first-order valence-corrected chi connectivity index (χ1v) is 9.20. The summed E-state index contributed by atoms with van der Waals surface area (Å²) < 4.78 is 16.8. The molecule has 7 heteroatoms. The van der Waals surface area contributed by atoms with E-state index < -0.39 is 5.97 Å². The van der Waals surface area contributed by atoms with Crippen LogP contribution >= 0.6 is 15.9 Å². The van der Waals surface area contributed by atoms with Gasteiger partial charge in [-0.15, -0.1) is 0 Å². The van der Waals surface area contributed by atoms with Crippen LogP contribution in [0.2, 0.25) is 0 Å². The van der Waals surface area contributed by atoms with Gasteiger partial charge < -0.3 is 19.9 Å². The molecule has 0 aliphatic rings. The standard InChI is InChI=1S/C21H19BrN2O4/c1-26-16-6-3-13(4-7-16)12-28-19-9-14(5-8-17(19)21(25)27-2)18-10-15(22)11-24-20(18)23/h3-11H,12H2,1-2H3,(H2,23,24). The van der Waals surface area contributed by atoms with E-state index in [1.54, 1.807) is 31.5 Å². The Kier molecular flexibility index (Phi) is 6.16. The highest BCUT2D eigenvalue weighted by molar-refractivity contribution is 9.10. The molecule has 6 nitrogen and oxygen atoms in total. The second-order valence-electron chi connectivity index (χ2n) is 5.93. The number of hydrogen-bond donors (Lipinski definition) is 1. The van der Waals surface area contributed by atoms with Crippen molar-refractivity contribution in [1.82, 2.24) is 4.98 Å². The Morgan fingerprint density at radius 1 is 1.11 bits per heavy atom. The normalized spacial score (nSPS) is 10.4. The molecule has 0 saturated carbocycles. The lowest BCUT2D eigenvalue weighted by Crippen LogP contribution is -2.06. The van der Waals surface area contributed by atoms with Gasteiger partial charge in [-0.3, -0.25) is 0 Å². The average Bonchev–Trinajstić information content (AvgIpc) is 2.73. The minimum absolute atomic E-state index is 0.281. The lowest BCUT2D eigenvalue weighted by atomic mass is 10.0. The first-order chi connectivity index (χ1) is 13.5. The summed E-state index contributed by atoms with van der Waals surface area (Å²) in [6.45, 7) is 0.281. The van der Waals surface area contributed by atoms with Crippen LogP contribution < -0.4 is 15.2 Å². The van der Waals surface area contributed by atoms with Crippen LogP contribution in [0.5, 0.6) is 11.5 Å². The number of rotatable bonds is 6. The van der Waals surface area contributed by atoms with Gasteiger partial charge in [0.05, 0.1) is 14.2 Å². The molecule has 2 N–H and O–H groups in total. The van der Waals surface area contributed by atoms with Gasteiger partial charge in [0.15, 0.2) is 0 Å². The fraction of sp³-hybridized carbons (Fsp3) is 0.143. The third-order valence-electron chi connectivity index (χ3n) is 4.14. The quantitative estimate of drug-likeness (QED) is 0.567. The van der Waals surface area contributed by atoms with Crippen molar-refractivity contribution in [2.24, 2.45) is 0 Å². The number of halogens is 1. The van der Waals surface area contributed by atoms with Crippen molar-refractivity contribution in [3.8, 4) is 22.6 Å². The molecule has 0 radical (unpaired) electrons. The van der Waals surface area contributed by atoms with E-state index in [1.807, 2.05) is 30.3 Å². The van der Waals surface area contributed by atoms with Crippen LogP contribution in [0, 0.1) is 0 Å². The number of methoxy groups -OCH3 is 2. The highest BCUT2D eigenvalue weighted by Gasteiger charge is 2.16. The third-order valence-corrected chi connectivity index (χ3v) is 4.57. The smallest absolute Gasteiger partial charge is 0.341 e. The van der Waals surface area contributed by atoms with Gasteiger partial charge in [-0.1, -0.05) is 18.2 Å². The summed E-state index contributed by atoms with van der Waals surface area (Å²) in [5.74, 6) is 1.07. The second-order valence-corrected chi connectivity index (χ2v) is 6.84. The van der Waals surface area contributed by atoms with Crippen molar-refractivity contribution < 1.29 is 19.0 Å². The van der Waals surface area contributed by atoms with Gasteiger partial charge in [0, 0.05) is 16.2 Å². The van der Waals surface area contributed by atoms with Gasteiger partial charge in [-0.05, 0) is 57.4 Å². The predicted octanol–water partition coefficient (Wildman–Crippen LogP) is 4.47. The Hall–Kier alpha value is -3.06. The number of nitrogens with two attached hydrogens (primary N) is 1. The molecule has 0 spiro atoms. The Morgan fingerprint density at radius 3 is 2.54 bits per heavy atom. The molecule has 144 valence electrons. The minimum atomic E-state index is -0.475. The van der Waals surface area contributed by atoms with Crippen molar-refractivity contribution >= 4 is 27.7 Å². The molecule has 1 aromatic heterocycles. The molecule has 28 heavy (non-hydrogen) atoms. The van der Waals surface area contributed by atoms with Crippen molar-refractivity contribution in [3.63, 3.8) is 0 Å². The number of anilines is 1. The molecule has 3 aromatic rings. The van der Waals surface area contributed by atoms with Gasteiger partial charge in [0.25, 0.3) is 0 Å². The Labute approximate surface area is 171 Å². The van der Waals surface area contributed by atoms with Gasteiger partial charge >= 0.3 is 5.97 Å². The summed E-state index contributed by atoms with van der Waals surface area (Å²) in [6, 6.07) is 14.6. The SMILES string of the molecule is COC(=O)c1ccc(-c2cc(Br)cnc2N)cc1OCc1ccc(OC)cc1. The molecule has 0 fully saturated rings. The van der Waals surface area contributed by atoms with E-state index in [-0.39, 0.29) is 6.61 Å². The van der Waals surface area contributed by atoms with Gasteiger partial charge in [0.2, 0.25) is 0 Å². The molecule has 0 bridgehead atoms. The lowest BCUT2D eigenvalue weighted by molar-refractivity contribution is 0.0595. The fourth-order valence-electron chi connectivity index (χ4n) is 2.65. The highest BCUT2D eigenvalue weighted by atomic mass is 79.9. The molecule has 0 aliphatic heterocycles. The zero-order valence-electron chi connectivity index (χ0n) is 15.4. The Bertz CT molecular complexity index is 990. The Morgan fingerprint density at radius 2 is 1.86 bits per heavy atom. The third kappa shape index (κ3) is 4.43. The highest BCUT2D eigenvalue weighted by Crippen LogP contribution is 2.32. The number of ether oxygens (including phenoxy) is 3. The minimum Gasteiger partial charge on any atom is -0.497 e. The van der Waals surface area contributed by atoms with Crippen LogP contribution in [-0.2, 0) is 11.3 Å². The fourth-order valence-corrected chi connectivity index (χ4v) is 2.98. The largest absolute Gasteiger partial charge is 0.497 e. The lowest BCUT2D eigenvalue weighted by Gasteiger charge is -2.13. The molecule has 0 atom stereocenters. The first kappa shape index (κ1) is 19.7. The van der Waals surface area contributed by atoms with E-state index in [4.69, 9.17) is 19.9 Å². The van der Waals surface area contributed by atoms with Crippen molar-refractivity contribution in [2.45, 2.75) is 6.61 Å². The number of hydrogen-bond acceptors (Lipinski definition) is 6. The molecule has 3 rings (SSSR count). The van der Waals surface area contributed by atoms with Crippen LogP contribution in [-0.4, -0.2) is 25.2 Å². The Balaban J connectivity index is 1.93. The number of aromatic nitrogens is 1. The van der Waals surface area contributed by atoms with Gasteiger partial charge in [-0.2, -0.15) is 0 Å². The molecule has 2 aromatic carbocycles. The summed E-state index contributed by atoms with van der Waals surface area (Å²) in [5.41, 5.74) is 8.80. The van der Waals surface area contributed by atoms with Gasteiger partial charge in [0.1, 0.15) is 29.5 Å². The van der Waals surface area contributed by atoms with E-state index in [0.717, 1.165) is 26.9 Å². The van der Waals surface area contributed by atoms with E-state index in [9.17, 15) is 4.79 Å². The molecule has 0 amide bonds. The van der Waals surface area contributed by atoms with Crippen LogP contribution in [0.4, 0.5) is 5.82 Å². The van der Waals surface area contributed by atoms with Gasteiger partial charge in [-0.25, -0.2) is 9.78 Å². The summed E-state index contributed by atoms with van der Waals surface area (Å²) in [5, 5.41) is 0. The molecule has 0 aliphatic carbocycles. The number of esters is 1. The van der Waals surface area contributed by atoms with Crippen LogP contribution in [0.15, 0.2) is 59.2 Å². The zero-order chi connectivity index (χ0) is 20.1. The predicted molar refractivity (Wildman–Crippen MR) is 110 cm³/mol. The first-order valence-electron chi connectivity index (χ1n) is 8.41. The zero-order valence-corrected chi connectivity index (χ0v) is 17.0. The number of benzene rings is 2. The number of nitrogen functional groups attached to an aromatic ring is 1. The van der Waals surface area contributed by atoms with E-state index >= 15 is 0 Å². The monoisotopic (exact) mass is 442 g/mol. The molecule has 0 saturated heterocycles.